The maximum atomic E-state index is 13.0. The predicted molar refractivity (Wildman–Crippen MR) is 82.6 cm³/mol. The maximum Gasteiger partial charge on any atom is 0.417 e. The SMILES string of the molecule is COC(=O)c1ccccc1/C=C/C(=O)c1ccccc1C(F)(F)F. The van der Waals surface area contributed by atoms with Crippen molar-refractivity contribution in [3.8, 4) is 0 Å². The molecule has 0 heterocycles. The number of allylic oxidation sites excluding steroid dienone is 1. The van der Waals surface area contributed by atoms with Crippen molar-refractivity contribution in [1.82, 2.24) is 0 Å². The number of alkyl halides is 3. The van der Waals surface area contributed by atoms with E-state index in [4.69, 9.17) is 0 Å². The number of benzene rings is 2. The van der Waals surface area contributed by atoms with Gasteiger partial charge in [0.25, 0.3) is 0 Å². The van der Waals surface area contributed by atoms with Crippen LogP contribution < -0.4 is 0 Å². The summed E-state index contributed by atoms with van der Waals surface area (Å²) in [6.07, 6.45) is -2.32. The zero-order valence-electron chi connectivity index (χ0n) is 12.6. The number of ketones is 1. The van der Waals surface area contributed by atoms with Crippen LogP contribution in [0.5, 0.6) is 0 Å². The molecule has 0 N–H and O–H groups in total. The number of carbonyl (C=O) groups excluding carboxylic acids is 2. The smallest absolute Gasteiger partial charge is 0.417 e. The fraction of sp³-hybridized carbons (Fsp3) is 0.111. The van der Waals surface area contributed by atoms with Gasteiger partial charge in [0.1, 0.15) is 0 Å². The van der Waals surface area contributed by atoms with Gasteiger partial charge in [0.2, 0.25) is 0 Å². The fourth-order valence-electron chi connectivity index (χ4n) is 2.14. The standard InChI is InChI=1S/C18H13F3O3/c1-24-17(23)13-7-3-2-6-12(13)10-11-16(22)14-8-4-5-9-15(14)18(19,20)21/h2-11H,1H3/b11-10+. The van der Waals surface area contributed by atoms with Gasteiger partial charge < -0.3 is 4.74 Å². The Bertz CT molecular complexity index is 792. The number of carbonyl (C=O) groups is 2. The van der Waals surface area contributed by atoms with Crippen LogP contribution in [0.1, 0.15) is 31.8 Å². The molecule has 0 amide bonds. The minimum Gasteiger partial charge on any atom is -0.465 e. The summed E-state index contributed by atoms with van der Waals surface area (Å²) in [5, 5.41) is 0. The van der Waals surface area contributed by atoms with Crippen LogP contribution in [0, 0.1) is 0 Å². The summed E-state index contributed by atoms with van der Waals surface area (Å²) in [4.78, 5) is 23.8. The number of hydrogen-bond acceptors (Lipinski definition) is 3. The largest absolute Gasteiger partial charge is 0.465 e. The van der Waals surface area contributed by atoms with Crippen molar-refractivity contribution in [3.63, 3.8) is 0 Å². The molecule has 2 rings (SSSR count). The Balaban J connectivity index is 2.35. The number of halogens is 3. The summed E-state index contributed by atoms with van der Waals surface area (Å²) in [6, 6.07) is 10.9. The minimum atomic E-state index is -4.62. The van der Waals surface area contributed by atoms with Gasteiger partial charge in [-0.25, -0.2) is 4.79 Å². The average Bonchev–Trinajstić information content (AvgIpc) is 2.58. The van der Waals surface area contributed by atoms with Crippen LogP contribution >= 0.6 is 0 Å². The second-order valence-electron chi connectivity index (χ2n) is 4.82. The summed E-state index contributed by atoms with van der Waals surface area (Å²) in [5.41, 5.74) is -0.854. The third kappa shape index (κ3) is 3.90. The molecule has 0 saturated heterocycles. The summed E-state index contributed by atoms with van der Waals surface area (Å²) in [5.74, 6) is -1.40. The number of ether oxygens (including phenoxy) is 1. The van der Waals surface area contributed by atoms with Gasteiger partial charge in [0.15, 0.2) is 5.78 Å². The molecule has 0 spiro atoms. The van der Waals surface area contributed by atoms with Crippen LogP contribution in [0.4, 0.5) is 13.2 Å². The number of methoxy groups -OCH3 is 1. The molecule has 0 bridgehead atoms. The highest BCUT2D eigenvalue weighted by atomic mass is 19.4. The first kappa shape index (κ1) is 17.5. The molecule has 2 aromatic carbocycles. The Morgan fingerprint density at radius 2 is 1.54 bits per heavy atom. The molecule has 0 aromatic heterocycles. The Hall–Kier alpha value is -2.89. The zero-order chi connectivity index (χ0) is 17.7. The van der Waals surface area contributed by atoms with Crippen molar-refractivity contribution in [2.24, 2.45) is 0 Å². The van der Waals surface area contributed by atoms with Crippen LogP contribution in [-0.2, 0) is 10.9 Å². The molecule has 0 radical (unpaired) electrons. The van der Waals surface area contributed by atoms with E-state index in [1.54, 1.807) is 18.2 Å². The molecule has 0 atom stereocenters. The molecule has 0 fully saturated rings. The quantitative estimate of drug-likeness (QED) is 0.473. The van der Waals surface area contributed by atoms with Crippen molar-refractivity contribution in [1.29, 1.82) is 0 Å². The number of esters is 1. The van der Waals surface area contributed by atoms with Crippen LogP contribution in [0.25, 0.3) is 6.08 Å². The normalized spacial score (nSPS) is 11.5. The van der Waals surface area contributed by atoms with Crippen molar-refractivity contribution in [2.75, 3.05) is 7.11 Å². The molecule has 24 heavy (non-hydrogen) atoms. The minimum absolute atomic E-state index is 0.216. The molecular formula is C18H13F3O3. The van der Waals surface area contributed by atoms with Crippen LogP contribution in [0.2, 0.25) is 0 Å². The topological polar surface area (TPSA) is 43.4 Å². The van der Waals surface area contributed by atoms with E-state index < -0.39 is 29.1 Å². The van der Waals surface area contributed by atoms with Crippen molar-refractivity contribution in [3.05, 3.63) is 76.9 Å². The van der Waals surface area contributed by atoms with E-state index >= 15 is 0 Å². The van der Waals surface area contributed by atoms with Crippen molar-refractivity contribution in [2.45, 2.75) is 6.18 Å². The van der Waals surface area contributed by atoms with E-state index in [1.807, 2.05) is 0 Å². The van der Waals surface area contributed by atoms with Crippen molar-refractivity contribution >= 4 is 17.8 Å². The molecular weight excluding hydrogens is 321 g/mol. The molecule has 2 aromatic rings. The Labute approximate surface area is 136 Å². The molecule has 0 aliphatic carbocycles. The molecule has 124 valence electrons. The summed E-state index contributed by atoms with van der Waals surface area (Å²) in [7, 11) is 1.22. The van der Waals surface area contributed by atoms with E-state index in [0.717, 1.165) is 18.2 Å². The zero-order valence-corrected chi connectivity index (χ0v) is 12.6. The van der Waals surface area contributed by atoms with Crippen LogP contribution in [-0.4, -0.2) is 18.9 Å². The average molecular weight is 334 g/mol. The van der Waals surface area contributed by atoms with Crippen molar-refractivity contribution < 1.29 is 27.5 Å². The second-order valence-corrected chi connectivity index (χ2v) is 4.82. The lowest BCUT2D eigenvalue weighted by Gasteiger charge is -2.10. The van der Waals surface area contributed by atoms with Gasteiger partial charge in [-0.15, -0.1) is 0 Å². The summed E-state index contributed by atoms with van der Waals surface area (Å²) >= 11 is 0. The van der Waals surface area contributed by atoms with Gasteiger partial charge in [-0.2, -0.15) is 13.2 Å². The van der Waals surface area contributed by atoms with E-state index in [1.165, 1.54) is 31.4 Å². The third-order valence-corrected chi connectivity index (χ3v) is 3.28. The predicted octanol–water partition coefficient (Wildman–Crippen LogP) is 4.39. The first-order valence-electron chi connectivity index (χ1n) is 6.90. The molecule has 0 unspecified atom stereocenters. The van der Waals surface area contributed by atoms with Gasteiger partial charge >= 0.3 is 12.1 Å². The monoisotopic (exact) mass is 334 g/mol. The maximum absolute atomic E-state index is 13.0. The Morgan fingerprint density at radius 3 is 2.17 bits per heavy atom. The fourth-order valence-corrected chi connectivity index (χ4v) is 2.14. The highest BCUT2D eigenvalue weighted by molar-refractivity contribution is 6.08. The van der Waals surface area contributed by atoms with E-state index in [-0.39, 0.29) is 5.56 Å². The summed E-state index contributed by atoms with van der Waals surface area (Å²) < 4.78 is 43.5. The number of rotatable bonds is 4. The van der Waals surface area contributed by atoms with Gasteiger partial charge in [-0.05, 0) is 23.8 Å². The number of hydrogen-bond donors (Lipinski definition) is 0. The van der Waals surface area contributed by atoms with Gasteiger partial charge in [-0.1, -0.05) is 42.5 Å². The lowest BCUT2D eigenvalue weighted by atomic mass is 10.0. The van der Waals surface area contributed by atoms with Crippen LogP contribution in [0.15, 0.2) is 54.6 Å². The van der Waals surface area contributed by atoms with E-state index in [0.29, 0.717) is 5.56 Å². The molecule has 0 saturated carbocycles. The van der Waals surface area contributed by atoms with Gasteiger partial charge in [-0.3, -0.25) is 4.79 Å². The van der Waals surface area contributed by atoms with Gasteiger partial charge in [0, 0.05) is 5.56 Å². The molecule has 6 heteroatoms. The molecule has 0 aliphatic heterocycles. The third-order valence-electron chi connectivity index (χ3n) is 3.28. The first-order chi connectivity index (χ1) is 11.3. The highest BCUT2D eigenvalue weighted by Gasteiger charge is 2.34. The Kier molecular flexibility index (Phi) is 5.18. The Morgan fingerprint density at radius 1 is 0.958 bits per heavy atom. The lowest BCUT2D eigenvalue weighted by molar-refractivity contribution is -0.137. The van der Waals surface area contributed by atoms with E-state index in [9.17, 15) is 22.8 Å². The summed E-state index contributed by atoms with van der Waals surface area (Å²) in [6.45, 7) is 0. The van der Waals surface area contributed by atoms with Crippen LogP contribution in [0.3, 0.4) is 0 Å². The second kappa shape index (κ2) is 7.12. The van der Waals surface area contributed by atoms with Gasteiger partial charge in [0.05, 0.1) is 18.2 Å². The molecule has 3 nitrogen and oxygen atoms in total. The molecule has 0 aliphatic rings. The first-order valence-corrected chi connectivity index (χ1v) is 6.90. The van der Waals surface area contributed by atoms with E-state index in [2.05, 4.69) is 4.74 Å². The highest BCUT2D eigenvalue weighted by Crippen LogP contribution is 2.32. The lowest BCUT2D eigenvalue weighted by Crippen LogP contribution is -2.11.